The first kappa shape index (κ1) is 11.7. The number of hydrogen-bond donors (Lipinski definition) is 2. The van der Waals surface area contributed by atoms with Gasteiger partial charge in [0.05, 0.1) is 5.41 Å². The molecule has 0 unspecified atom stereocenters. The lowest BCUT2D eigenvalue weighted by Crippen LogP contribution is -2.61. The van der Waals surface area contributed by atoms with Crippen molar-refractivity contribution in [2.75, 3.05) is 6.54 Å². The molecule has 0 bridgehead atoms. The zero-order valence-electron chi connectivity index (χ0n) is 10.6. The van der Waals surface area contributed by atoms with Crippen LogP contribution in [0.2, 0.25) is 0 Å². The summed E-state index contributed by atoms with van der Waals surface area (Å²) in [7, 11) is 0. The average Bonchev–Trinajstić information content (AvgIpc) is 2.45. The summed E-state index contributed by atoms with van der Waals surface area (Å²) in [6.07, 6.45) is 4.34. The first-order valence-electron chi connectivity index (χ1n) is 6.84. The van der Waals surface area contributed by atoms with Crippen LogP contribution >= 0.6 is 0 Å². The van der Waals surface area contributed by atoms with Gasteiger partial charge in [0.1, 0.15) is 0 Å². The van der Waals surface area contributed by atoms with E-state index in [1.807, 2.05) is 6.07 Å². The standard InChI is InChI=1S/C15H20N2O/c18-14-15(11-17-14)8-6-13(7-9-15)16-10-12-4-2-1-3-5-12/h1-5,13,16H,6-11H2,(H,17,18). The van der Waals surface area contributed by atoms with Gasteiger partial charge in [0.15, 0.2) is 0 Å². The highest BCUT2D eigenvalue weighted by Gasteiger charge is 2.47. The van der Waals surface area contributed by atoms with Crippen LogP contribution in [-0.2, 0) is 11.3 Å². The van der Waals surface area contributed by atoms with Crippen LogP contribution in [-0.4, -0.2) is 18.5 Å². The second-order valence-electron chi connectivity index (χ2n) is 5.60. The second-order valence-corrected chi connectivity index (χ2v) is 5.60. The fourth-order valence-corrected chi connectivity index (χ4v) is 3.05. The van der Waals surface area contributed by atoms with Crippen molar-refractivity contribution in [1.82, 2.24) is 10.6 Å². The van der Waals surface area contributed by atoms with Gasteiger partial charge in [-0.1, -0.05) is 30.3 Å². The van der Waals surface area contributed by atoms with Gasteiger partial charge < -0.3 is 10.6 Å². The molecule has 96 valence electrons. The minimum atomic E-state index is 0.00489. The maximum Gasteiger partial charge on any atom is 0.228 e. The van der Waals surface area contributed by atoms with Gasteiger partial charge in [-0.25, -0.2) is 0 Å². The van der Waals surface area contributed by atoms with Crippen LogP contribution < -0.4 is 10.6 Å². The molecule has 3 nitrogen and oxygen atoms in total. The predicted octanol–water partition coefficient (Wildman–Crippen LogP) is 1.83. The van der Waals surface area contributed by atoms with Crippen molar-refractivity contribution in [2.24, 2.45) is 5.41 Å². The van der Waals surface area contributed by atoms with Crippen LogP contribution in [0.25, 0.3) is 0 Å². The lowest BCUT2D eigenvalue weighted by molar-refractivity contribution is -0.142. The van der Waals surface area contributed by atoms with Gasteiger partial charge in [-0.05, 0) is 31.2 Å². The van der Waals surface area contributed by atoms with Gasteiger partial charge in [0, 0.05) is 19.1 Å². The van der Waals surface area contributed by atoms with Gasteiger partial charge in [-0.3, -0.25) is 4.79 Å². The van der Waals surface area contributed by atoms with E-state index in [-0.39, 0.29) is 11.3 Å². The summed E-state index contributed by atoms with van der Waals surface area (Å²) in [6, 6.07) is 11.1. The van der Waals surface area contributed by atoms with Crippen molar-refractivity contribution in [3.8, 4) is 0 Å². The number of rotatable bonds is 3. The average molecular weight is 244 g/mol. The summed E-state index contributed by atoms with van der Waals surface area (Å²) in [6.45, 7) is 1.84. The van der Waals surface area contributed by atoms with E-state index >= 15 is 0 Å². The lowest BCUT2D eigenvalue weighted by atomic mass is 9.68. The highest BCUT2D eigenvalue weighted by atomic mass is 16.2. The molecule has 1 aliphatic heterocycles. The molecule has 2 N–H and O–H groups in total. The Kier molecular flexibility index (Phi) is 3.08. The molecular weight excluding hydrogens is 224 g/mol. The molecule has 0 atom stereocenters. The minimum Gasteiger partial charge on any atom is -0.354 e. The Balaban J connectivity index is 1.47. The normalized spacial score (nSPS) is 30.9. The molecule has 18 heavy (non-hydrogen) atoms. The Labute approximate surface area is 108 Å². The molecule has 3 rings (SSSR count). The van der Waals surface area contributed by atoms with Crippen LogP contribution in [0.1, 0.15) is 31.2 Å². The number of carbonyl (C=O) groups excluding carboxylic acids is 1. The van der Waals surface area contributed by atoms with E-state index in [2.05, 4.69) is 34.9 Å². The van der Waals surface area contributed by atoms with E-state index in [9.17, 15) is 4.79 Å². The summed E-state index contributed by atoms with van der Waals surface area (Å²) in [5, 5.41) is 6.49. The third kappa shape index (κ3) is 2.15. The van der Waals surface area contributed by atoms with Crippen LogP contribution in [0.4, 0.5) is 0 Å². The van der Waals surface area contributed by atoms with Crippen molar-refractivity contribution < 1.29 is 4.79 Å². The predicted molar refractivity (Wildman–Crippen MR) is 71.0 cm³/mol. The highest BCUT2D eigenvalue weighted by molar-refractivity contribution is 5.88. The molecular formula is C15H20N2O. The van der Waals surface area contributed by atoms with Crippen molar-refractivity contribution in [1.29, 1.82) is 0 Å². The van der Waals surface area contributed by atoms with Crippen LogP contribution in [0.15, 0.2) is 30.3 Å². The Morgan fingerprint density at radius 2 is 1.94 bits per heavy atom. The quantitative estimate of drug-likeness (QED) is 0.797. The van der Waals surface area contributed by atoms with E-state index < -0.39 is 0 Å². The van der Waals surface area contributed by atoms with Crippen molar-refractivity contribution in [2.45, 2.75) is 38.3 Å². The number of benzene rings is 1. The molecule has 1 aliphatic carbocycles. The van der Waals surface area contributed by atoms with Crippen LogP contribution in [0.5, 0.6) is 0 Å². The summed E-state index contributed by atoms with van der Waals surface area (Å²) in [5.74, 6) is 0.281. The molecule has 1 spiro atoms. The molecule has 1 saturated heterocycles. The number of hydrogen-bond acceptors (Lipinski definition) is 2. The second kappa shape index (κ2) is 4.73. The van der Waals surface area contributed by atoms with Crippen LogP contribution in [0.3, 0.4) is 0 Å². The van der Waals surface area contributed by atoms with Gasteiger partial charge >= 0.3 is 0 Å². The van der Waals surface area contributed by atoms with E-state index in [1.165, 1.54) is 5.56 Å². The lowest BCUT2D eigenvalue weighted by Gasteiger charge is -2.45. The Morgan fingerprint density at radius 1 is 1.22 bits per heavy atom. The Bertz CT molecular complexity index is 421. The molecule has 1 amide bonds. The maximum atomic E-state index is 11.6. The first-order chi connectivity index (χ1) is 8.78. The van der Waals surface area contributed by atoms with Gasteiger partial charge in [-0.2, -0.15) is 0 Å². The molecule has 1 aromatic carbocycles. The van der Waals surface area contributed by atoms with Crippen molar-refractivity contribution >= 4 is 5.91 Å². The van der Waals surface area contributed by atoms with Crippen LogP contribution in [0, 0.1) is 5.41 Å². The zero-order chi connectivity index (χ0) is 12.4. The van der Waals surface area contributed by atoms with Crippen molar-refractivity contribution in [3.63, 3.8) is 0 Å². The minimum absolute atomic E-state index is 0.00489. The largest absolute Gasteiger partial charge is 0.354 e. The SMILES string of the molecule is O=C1NCC12CCC(NCc1ccccc1)CC2. The van der Waals surface area contributed by atoms with Gasteiger partial charge in [0.2, 0.25) is 5.91 Å². The molecule has 1 heterocycles. The number of carbonyl (C=O) groups is 1. The maximum absolute atomic E-state index is 11.6. The van der Waals surface area contributed by atoms with Crippen molar-refractivity contribution in [3.05, 3.63) is 35.9 Å². The molecule has 1 aromatic rings. The molecule has 0 aromatic heterocycles. The molecule has 1 saturated carbocycles. The molecule has 3 heteroatoms. The third-order valence-corrected chi connectivity index (χ3v) is 4.45. The summed E-state index contributed by atoms with van der Waals surface area (Å²) in [5.41, 5.74) is 1.34. The number of nitrogens with one attached hydrogen (secondary N) is 2. The number of β-lactam (4-membered cyclic amide) rings is 1. The van der Waals surface area contributed by atoms with Gasteiger partial charge in [-0.15, -0.1) is 0 Å². The van der Waals surface area contributed by atoms with E-state index in [0.29, 0.717) is 6.04 Å². The van der Waals surface area contributed by atoms with E-state index in [0.717, 1.165) is 38.8 Å². The Morgan fingerprint density at radius 3 is 2.50 bits per heavy atom. The highest BCUT2D eigenvalue weighted by Crippen LogP contribution is 2.40. The van der Waals surface area contributed by atoms with E-state index in [1.54, 1.807) is 0 Å². The fraction of sp³-hybridized carbons (Fsp3) is 0.533. The topological polar surface area (TPSA) is 41.1 Å². The fourth-order valence-electron chi connectivity index (χ4n) is 3.05. The first-order valence-corrected chi connectivity index (χ1v) is 6.84. The molecule has 0 radical (unpaired) electrons. The number of amides is 1. The molecule has 2 fully saturated rings. The van der Waals surface area contributed by atoms with E-state index in [4.69, 9.17) is 0 Å². The summed E-state index contributed by atoms with van der Waals surface area (Å²) in [4.78, 5) is 11.6. The summed E-state index contributed by atoms with van der Waals surface area (Å²) >= 11 is 0. The zero-order valence-corrected chi connectivity index (χ0v) is 10.6. The monoisotopic (exact) mass is 244 g/mol. The molecule has 2 aliphatic rings. The smallest absolute Gasteiger partial charge is 0.228 e. The van der Waals surface area contributed by atoms with Gasteiger partial charge in [0.25, 0.3) is 0 Å². The Hall–Kier alpha value is -1.35. The summed E-state index contributed by atoms with van der Waals surface area (Å²) < 4.78 is 0. The third-order valence-electron chi connectivity index (χ3n) is 4.45.